The van der Waals surface area contributed by atoms with Gasteiger partial charge >= 0.3 is 0 Å². The highest BCUT2D eigenvalue weighted by atomic mass is 14.9. The van der Waals surface area contributed by atoms with Crippen LogP contribution < -0.4 is 5.32 Å². The largest absolute Gasteiger partial charge is 0.314 e. The molecule has 1 aromatic rings. The van der Waals surface area contributed by atoms with Crippen molar-refractivity contribution in [3.8, 4) is 0 Å². The van der Waals surface area contributed by atoms with Crippen LogP contribution in [0, 0.1) is 5.92 Å². The Hall–Kier alpha value is -0.820. The van der Waals surface area contributed by atoms with E-state index < -0.39 is 0 Å². The molecule has 1 N–H and O–H groups in total. The maximum absolute atomic E-state index is 3.64. The Morgan fingerprint density at radius 3 is 2.42 bits per heavy atom. The van der Waals surface area contributed by atoms with E-state index in [9.17, 15) is 0 Å². The summed E-state index contributed by atoms with van der Waals surface area (Å²) >= 11 is 0. The molecule has 0 spiro atoms. The molecule has 0 heterocycles. The minimum absolute atomic E-state index is 0.602. The first-order valence-electron chi connectivity index (χ1n) is 8.03. The Kier molecular flexibility index (Phi) is 5.45. The summed E-state index contributed by atoms with van der Waals surface area (Å²) in [4.78, 5) is 0. The fourth-order valence-electron chi connectivity index (χ4n) is 3.28. The van der Waals surface area contributed by atoms with Gasteiger partial charge in [-0.1, -0.05) is 57.9 Å². The van der Waals surface area contributed by atoms with Gasteiger partial charge in [-0.05, 0) is 48.8 Å². The van der Waals surface area contributed by atoms with Gasteiger partial charge in [0.05, 0.1) is 0 Å². The van der Waals surface area contributed by atoms with Crippen molar-refractivity contribution in [2.24, 2.45) is 5.92 Å². The molecule has 106 valence electrons. The van der Waals surface area contributed by atoms with Gasteiger partial charge in [0.2, 0.25) is 0 Å². The fourth-order valence-corrected chi connectivity index (χ4v) is 3.28. The van der Waals surface area contributed by atoms with Crippen LogP contribution in [0.2, 0.25) is 0 Å². The van der Waals surface area contributed by atoms with E-state index in [1.54, 1.807) is 5.56 Å². The van der Waals surface area contributed by atoms with E-state index in [1.807, 2.05) is 0 Å². The molecule has 1 aliphatic rings. The van der Waals surface area contributed by atoms with E-state index in [2.05, 4.69) is 50.4 Å². The number of nitrogens with one attached hydrogen (secondary N) is 1. The van der Waals surface area contributed by atoms with E-state index in [-0.39, 0.29) is 0 Å². The molecule has 2 atom stereocenters. The summed E-state index contributed by atoms with van der Waals surface area (Å²) in [5, 5.41) is 3.64. The monoisotopic (exact) mass is 259 g/mol. The highest BCUT2D eigenvalue weighted by Crippen LogP contribution is 2.37. The topological polar surface area (TPSA) is 12.0 Å². The molecule has 1 fully saturated rings. The van der Waals surface area contributed by atoms with Crippen molar-refractivity contribution >= 4 is 0 Å². The van der Waals surface area contributed by atoms with Gasteiger partial charge in [-0.2, -0.15) is 0 Å². The van der Waals surface area contributed by atoms with Crippen LogP contribution in [-0.2, 0) is 6.42 Å². The summed E-state index contributed by atoms with van der Waals surface area (Å²) < 4.78 is 0. The van der Waals surface area contributed by atoms with Crippen LogP contribution >= 0.6 is 0 Å². The molecule has 0 aromatic heterocycles. The van der Waals surface area contributed by atoms with Gasteiger partial charge in [0.25, 0.3) is 0 Å². The van der Waals surface area contributed by atoms with Crippen LogP contribution in [0.1, 0.15) is 63.5 Å². The minimum atomic E-state index is 0.602. The number of hydrogen-bond acceptors (Lipinski definition) is 1. The molecule has 0 saturated heterocycles. The molecule has 1 aromatic carbocycles. The first-order valence-corrected chi connectivity index (χ1v) is 8.03. The van der Waals surface area contributed by atoms with Gasteiger partial charge in [0.1, 0.15) is 0 Å². The number of benzene rings is 1. The summed E-state index contributed by atoms with van der Waals surface area (Å²) in [5.74, 6) is 1.59. The summed E-state index contributed by atoms with van der Waals surface area (Å²) in [7, 11) is 0. The highest BCUT2D eigenvalue weighted by molar-refractivity contribution is 5.26. The third-order valence-corrected chi connectivity index (χ3v) is 4.51. The lowest BCUT2D eigenvalue weighted by Crippen LogP contribution is -2.33. The zero-order valence-electron chi connectivity index (χ0n) is 12.8. The Morgan fingerprint density at radius 1 is 1.11 bits per heavy atom. The van der Waals surface area contributed by atoms with Crippen molar-refractivity contribution in [2.75, 3.05) is 6.54 Å². The summed E-state index contributed by atoms with van der Waals surface area (Å²) in [6, 6.07) is 9.98. The molecule has 0 amide bonds. The quantitative estimate of drug-likeness (QED) is 0.819. The van der Waals surface area contributed by atoms with Crippen LogP contribution in [0.5, 0.6) is 0 Å². The fraction of sp³-hybridized carbons (Fsp3) is 0.667. The predicted molar refractivity (Wildman–Crippen MR) is 83.7 cm³/mol. The molecule has 1 saturated carbocycles. The second-order valence-electron chi connectivity index (χ2n) is 6.31. The van der Waals surface area contributed by atoms with Crippen LogP contribution in [0.15, 0.2) is 24.3 Å². The Morgan fingerprint density at radius 2 is 1.79 bits per heavy atom. The van der Waals surface area contributed by atoms with E-state index >= 15 is 0 Å². The Bertz CT molecular complexity index is 366. The van der Waals surface area contributed by atoms with E-state index in [0.717, 1.165) is 18.3 Å². The van der Waals surface area contributed by atoms with Crippen molar-refractivity contribution < 1.29 is 0 Å². The first kappa shape index (κ1) is 14.6. The Balaban J connectivity index is 2.04. The molecule has 0 aliphatic heterocycles. The van der Waals surface area contributed by atoms with Crippen molar-refractivity contribution in [2.45, 2.75) is 64.8 Å². The standard InChI is InChI=1S/C18H29N/c1-4-15-9-11-16(12-10-15)18-8-6-5-7-17(18)13-19-14(2)3/h9-12,14,17-19H,4-8,13H2,1-3H3. The van der Waals surface area contributed by atoms with E-state index in [4.69, 9.17) is 0 Å². The number of aryl methyl sites for hydroxylation is 1. The lowest BCUT2D eigenvalue weighted by molar-refractivity contribution is 0.289. The zero-order valence-corrected chi connectivity index (χ0v) is 12.8. The molecular formula is C18H29N. The molecule has 0 bridgehead atoms. The average molecular weight is 259 g/mol. The number of rotatable bonds is 5. The molecule has 1 nitrogen and oxygen atoms in total. The first-order chi connectivity index (χ1) is 9.20. The third-order valence-electron chi connectivity index (χ3n) is 4.51. The maximum Gasteiger partial charge on any atom is 0.00104 e. The van der Waals surface area contributed by atoms with E-state index in [0.29, 0.717) is 6.04 Å². The summed E-state index contributed by atoms with van der Waals surface area (Å²) in [6.07, 6.45) is 6.71. The molecule has 1 heteroatoms. The SMILES string of the molecule is CCc1ccc(C2CCCCC2CNC(C)C)cc1. The van der Waals surface area contributed by atoms with Gasteiger partial charge in [-0.15, -0.1) is 0 Å². The predicted octanol–water partition coefficient (Wildman–Crippen LogP) is 4.52. The molecule has 1 aliphatic carbocycles. The van der Waals surface area contributed by atoms with Crippen molar-refractivity contribution in [1.29, 1.82) is 0 Å². The summed E-state index contributed by atoms with van der Waals surface area (Å²) in [6.45, 7) is 7.89. The minimum Gasteiger partial charge on any atom is -0.314 e. The van der Waals surface area contributed by atoms with Gasteiger partial charge in [0, 0.05) is 6.04 Å². The smallest absolute Gasteiger partial charge is 0.00104 e. The van der Waals surface area contributed by atoms with Crippen LogP contribution in [0.3, 0.4) is 0 Å². The summed E-state index contributed by atoms with van der Waals surface area (Å²) in [5.41, 5.74) is 3.02. The van der Waals surface area contributed by atoms with E-state index in [1.165, 1.54) is 37.8 Å². The average Bonchev–Trinajstić information content (AvgIpc) is 2.45. The van der Waals surface area contributed by atoms with Crippen LogP contribution in [0.25, 0.3) is 0 Å². The molecule has 2 unspecified atom stereocenters. The van der Waals surface area contributed by atoms with Gasteiger partial charge in [-0.25, -0.2) is 0 Å². The molecule has 2 rings (SSSR count). The zero-order chi connectivity index (χ0) is 13.7. The van der Waals surface area contributed by atoms with Crippen molar-refractivity contribution in [3.63, 3.8) is 0 Å². The third kappa shape index (κ3) is 4.07. The Labute approximate surface area is 118 Å². The van der Waals surface area contributed by atoms with Crippen molar-refractivity contribution in [3.05, 3.63) is 35.4 Å². The highest BCUT2D eigenvalue weighted by Gasteiger charge is 2.26. The molecule has 0 radical (unpaired) electrons. The van der Waals surface area contributed by atoms with Crippen LogP contribution in [0.4, 0.5) is 0 Å². The van der Waals surface area contributed by atoms with Crippen molar-refractivity contribution in [1.82, 2.24) is 5.32 Å². The molecular weight excluding hydrogens is 230 g/mol. The lowest BCUT2D eigenvalue weighted by Gasteiger charge is -2.33. The van der Waals surface area contributed by atoms with Gasteiger partial charge in [0.15, 0.2) is 0 Å². The lowest BCUT2D eigenvalue weighted by atomic mass is 9.75. The second kappa shape index (κ2) is 7.09. The van der Waals surface area contributed by atoms with Gasteiger partial charge in [-0.3, -0.25) is 0 Å². The normalized spacial score (nSPS) is 23.8. The van der Waals surface area contributed by atoms with Crippen LogP contribution in [-0.4, -0.2) is 12.6 Å². The molecule has 19 heavy (non-hydrogen) atoms. The number of hydrogen-bond donors (Lipinski definition) is 1. The second-order valence-corrected chi connectivity index (χ2v) is 6.31. The maximum atomic E-state index is 3.64. The van der Waals surface area contributed by atoms with Gasteiger partial charge < -0.3 is 5.32 Å².